The Hall–Kier alpha value is -2.61. The zero-order valence-corrected chi connectivity index (χ0v) is 16.8. The van der Waals surface area contributed by atoms with Gasteiger partial charge in [0.2, 0.25) is 10.0 Å². The Labute approximate surface area is 164 Å². The summed E-state index contributed by atoms with van der Waals surface area (Å²) in [4.78, 5) is 12.7. The van der Waals surface area contributed by atoms with Crippen molar-refractivity contribution in [1.82, 2.24) is 5.32 Å². The lowest BCUT2D eigenvalue weighted by molar-refractivity contribution is -0.128. The number of nitrogens with zero attached hydrogens (tertiary/aromatic N) is 1. The van der Waals surface area contributed by atoms with Gasteiger partial charge in [0.15, 0.2) is 6.10 Å². The van der Waals surface area contributed by atoms with E-state index in [1.165, 1.54) is 6.07 Å². The third kappa shape index (κ3) is 4.11. The second kappa shape index (κ2) is 7.43. The first-order valence-corrected chi connectivity index (χ1v) is 10.7. The molecule has 150 valence electrons. The summed E-state index contributed by atoms with van der Waals surface area (Å²) in [6.07, 6.45) is 0.0896. The molecular weight excluding hydrogens is 383 g/mol. The molecule has 0 unspecified atom stereocenters. The number of nitrogens with one attached hydrogen (secondary N) is 1. The molecule has 1 atom stereocenters. The Balaban J connectivity index is 1.76. The first kappa shape index (κ1) is 20.1. The molecule has 0 saturated heterocycles. The van der Waals surface area contributed by atoms with Crippen molar-refractivity contribution in [3.05, 3.63) is 59.9 Å². The third-order valence-electron chi connectivity index (χ3n) is 4.74. The molecule has 0 spiro atoms. The Kier molecular flexibility index (Phi) is 5.34. The minimum Gasteiger partial charge on any atom is -0.476 e. The van der Waals surface area contributed by atoms with Gasteiger partial charge < -0.3 is 10.1 Å². The maximum absolute atomic E-state index is 14.1. The van der Waals surface area contributed by atoms with Gasteiger partial charge >= 0.3 is 0 Å². The number of rotatable bonds is 5. The van der Waals surface area contributed by atoms with Crippen molar-refractivity contribution in [2.24, 2.45) is 0 Å². The lowest BCUT2D eigenvalue weighted by Gasteiger charge is -2.34. The van der Waals surface area contributed by atoms with Crippen LogP contribution >= 0.6 is 0 Å². The second-order valence-corrected chi connectivity index (χ2v) is 9.36. The number of ether oxygens (including phenoxy) is 1. The molecule has 0 radical (unpaired) electrons. The van der Waals surface area contributed by atoms with Crippen molar-refractivity contribution < 1.29 is 22.3 Å². The van der Waals surface area contributed by atoms with E-state index < -0.39 is 27.4 Å². The first-order chi connectivity index (χ1) is 13.1. The van der Waals surface area contributed by atoms with Crippen LogP contribution in [0.3, 0.4) is 0 Å². The molecule has 28 heavy (non-hydrogen) atoms. The number of para-hydroxylation sites is 2. The molecule has 0 fully saturated rings. The number of halogens is 1. The highest BCUT2D eigenvalue weighted by Crippen LogP contribution is 2.34. The monoisotopic (exact) mass is 406 g/mol. The molecule has 3 rings (SSSR count). The number of amides is 1. The lowest BCUT2D eigenvalue weighted by Crippen LogP contribution is -2.52. The molecule has 0 bridgehead atoms. The van der Waals surface area contributed by atoms with Crippen LogP contribution in [0.1, 0.15) is 19.4 Å². The lowest BCUT2D eigenvalue weighted by atomic mass is 9.84. The van der Waals surface area contributed by atoms with Crippen LogP contribution in [0.15, 0.2) is 48.5 Å². The number of sulfonamides is 1. The molecule has 1 aliphatic heterocycles. The minimum absolute atomic E-state index is 0.123. The average molecular weight is 406 g/mol. The number of fused-ring (bicyclic) bond motifs is 1. The Morgan fingerprint density at radius 2 is 1.86 bits per heavy atom. The summed E-state index contributed by atoms with van der Waals surface area (Å²) in [6, 6.07) is 13.1. The standard InChI is InChI=1S/C20H23FN2O4S/c1-20(2,14-8-4-5-9-15(14)21)13-22-19(24)18-12-23(28(3,25)26)16-10-6-7-11-17(16)27-18/h4-11,18H,12-13H2,1-3H3,(H,22,24)/t18-/m1/s1. The number of hydrogen-bond donors (Lipinski definition) is 1. The van der Waals surface area contributed by atoms with E-state index in [1.54, 1.807) is 42.5 Å². The van der Waals surface area contributed by atoms with E-state index in [1.807, 2.05) is 13.8 Å². The van der Waals surface area contributed by atoms with Crippen LogP contribution in [0.5, 0.6) is 5.75 Å². The van der Waals surface area contributed by atoms with Gasteiger partial charge in [-0.05, 0) is 23.8 Å². The number of carbonyl (C=O) groups excluding carboxylic acids is 1. The molecule has 1 aliphatic rings. The van der Waals surface area contributed by atoms with Crippen LogP contribution in [-0.4, -0.2) is 39.8 Å². The molecular formula is C20H23FN2O4S. The second-order valence-electron chi connectivity index (χ2n) is 7.45. The van der Waals surface area contributed by atoms with E-state index in [-0.39, 0.29) is 18.9 Å². The van der Waals surface area contributed by atoms with Gasteiger partial charge in [0.05, 0.1) is 18.5 Å². The summed E-state index contributed by atoms with van der Waals surface area (Å²) < 4.78 is 45.3. The molecule has 0 aliphatic carbocycles. The minimum atomic E-state index is -3.57. The van der Waals surface area contributed by atoms with E-state index in [2.05, 4.69) is 5.32 Å². The summed E-state index contributed by atoms with van der Waals surface area (Å²) in [6.45, 7) is 3.70. The number of anilines is 1. The highest BCUT2D eigenvalue weighted by molar-refractivity contribution is 7.92. The fourth-order valence-corrected chi connectivity index (χ4v) is 4.09. The molecule has 1 N–H and O–H groups in total. The number of hydrogen-bond acceptors (Lipinski definition) is 4. The largest absolute Gasteiger partial charge is 0.476 e. The summed E-state index contributed by atoms with van der Waals surface area (Å²) in [7, 11) is -3.57. The van der Waals surface area contributed by atoms with Crippen LogP contribution in [0.4, 0.5) is 10.1 Å². The van der Waals surface area contributed by atoms with E-state index in [4.69, 9.17) is 4.74 Å². The van der Waals surface area contributed by atoms with Crippen molar-refractivity contribution in [2.75, 3.05) is 23.7 Å². The SMILES string of the molecule is CC(C)(CNC(=O)[C@H]1CN(S(C)(=O)=O)c2ccccc2O1)c1ccccc1F. The summed E-state index contributed by atoms with van der Waals surface area (Å²) in [5.74, 6) is -0.465. The molecule has 2 aromatic carbocycles. The Morgan fingerprint density at radius 1 is 1.21 bits per heavy atom. The zero-order valence-electron chi connectivity index (χ0n) is 16.0. The van der Waals surface area contributed by atoms with Gasteiger partial charge in [0.1, 0.15) is 11.6 Å². The fourth-order valence-electron chi connectivity index (χ4n) is 3.18. The highest BCUT2D eigenvalue weighted by Gasteiger charge is 2.35. The molecule has 1 heterocycles. The van der Waals surface area contributed by atoms with E-state index in [9.17, 15) is 17.6 Å². The first-order valence-electron chi connectivity index (χ1n) is 8.86. The summed E-state index contributed by atoms with van der Waals surface area (Å²) in [5.41, 5.74) is 0.244. The van der Waals surface area contributed by atoms with Crippen LogP contribution in [-0.2, 0) is 20.2 Å². The van der Waals surface area contributed by atoms with Gasteiger partial charge in [-0.25, -0.2) is 12.8 Å². The molecule has 6 nitrogen and oxygen atoms in total. The number of benzene rings is 2. The van der Waals surface area contributed by atoms with Crippen LogP contribution in [0.25, 0.3) is 0 Å². The summed E-state index contributed by atoms with van der Waals surface area (Å²) >= 11 is 0. The Morgan fingerprint density at radius 3 is 2.54 bits per heavy atom. The predicted octanol–water partition coefficient (Wildman–Crippen LogP) is 2.45. The van der Waals surface area contributed by atoms with Crippen LogP contribution < -0.4 is 14.4 Å². The fraction of sp³-hybridized carbons (Fsp3) is 0.350. The van der Waals surface area contributed by atoms with Crippen molar-refractivity contribution in [3.63, 3.8) is 0 Å². The van der Waals surface area contributed by atoms with Gasteiger partial charge in [-0.1, -0.05) is 44.2 Å². The Bertz CT molecular complexity index is 991. The van der Waals surface area contributed by atoms with Gasteiger partial charge in [0, 0.05) is 12.0 Å². The van der Waals surface area contributed by atoms with Crippen LogP contribution in [0, 0.1) is 5.82 Å². The smallest absolute Gasteiger partial charge is 0.263 e. The normalized spacial score (nSPS) is 16.9. The van der Waals surface area contributed by atoms with Gasteiger partial charge in [-0.2, -0.15) is 0 Å². The van der Waals surface area contributed by atoms with Gasteiger partial charge in [0.25, 0.3) is 5.91 Å². The van der Waals surface area contributed by atoms with Crippen molar-refractivity contribution >= 4 is 21.6 Å². The van der Waals surface area contributed by atoms with Crippen molar-refractivity contribution in [1.29, 1.82) is 0 Å². The third-order valence-corrected chi connectivity index (χ3v) is 5.88. The summed E-state index contributed by atoms with van der Waals surface area (Å²) in [5, 5.41) is 2.77. The molecule has 2 aromatic rings. The van der Waals surface area contributed by atoms with E-state index >= 15 is 0 Å². The van der Waals surface area contributed by atoms with Gasteiger partial charge in [-0.15, -0.1) is 0 Å². The van der Waals surface area contributed by atoms with E-state index in [0.717, 1.165) is 10.6 Å². The predicted molar refractivity (Wildman–Crippen MR) is 105 cm³/mol. The van der Waals surface area contributed by atoms with E-state index in [0.29, 0.717) is 17.0 Å². The highest BCUT2D eigenvalue weighted by atomic mass is 32.2. The zero-order chi connectivity index (χ0) is 20.5. The maximum atomic E-state index is 14.1. The molecule has 1 amide bonds. The molecule has 8 heteroatoms. The molecule has 0 aromatic heterocycles. The maximum Gasteiger partial charge on any atom is 0.263 e. The number of carbonyl (C=O) groups is 1. The average Bonchev–Trinajstić information content (AvgIpc) is 2.64. The topological polar surface area (TPSA) is 75.7 Å². The quantitative estimate of drug-likeness (QED) is 0.828. The van der Waals surface area contributed by atoms with Crippen molar-refractivity contribution in [2.45, 2.75) is 25.4 Å². The molecule has 0 saturated carbocycles. The van der Waals surface area contributed by atoms with Crippen molar-refractivity contribution in [3.8, 4) is 5.75 Å². The van der Waals surface area contributed by atoms with Crippen LogP contribution in [0.2, 0.25) is 0 Å². The van der Waals surface area contributed by atoms with Gasteiger partial charge in [-0.3, -0.25) is 9.10 Å².